The number of hydrogen-bond acceptors (Lipinski definition) is 2. The summed E-state index contributed by atoms with van der Waals surface area (Å²) in [5.74, 6) is 1.21. The molecule has 60 heavy (non-hydrogen) atoms. The second kappa shape index (κ2) is 15.7. The van der Waals surface area contributed by atoms with E-state index in [0.29, 0.717) is 18.2 Å². The molecule has 0 aliphatic carbocycles. The monoisotopic (exact) mass is 759 g/mol. The zero-order valence-corrected chi connectivity index (χ0v) is 38.0. The Morgan fingerprint density at radius 1 is 0.483 bits per heavy atom. The molecule has 4 nitrogen and oxygen atoms in total. The van der Waals surface area contributed by atoms with Crippen molar-refractivity contribution in [2.24, 2.45) is 15.0 Å². The van der Waals surface area contributed by atoms with Gasteiger partial charge in [0.15, 0.2) is 11.7 Å². The van der Waals surface area contributed by atoms with Gasteiger partial charge in [-0.3, -0.25) is 4.99 Å². The Hall–Kier alpha value is -5.22. The van der Waals surface area contributed by atoms with Crippen LogP contribution in [0.25, 0.3) is 54.6 Å². The van der Waals surface area contributed by atoms with E-state index < -0.39 is 0 Å². The zero-order chi connectivity index (χ0) is 43.1. The molecule has 0 saturated carbocycles. The van der Waals surface area contributed by atoms with E-state index in [2.05, 4.69) is 183 Å². The number of furan rings is 1. The van der Waals surface area contributed by atoms with E-state index in [1.54, 1.807) is 0 Å². The van der Waals surface area contributed by atoms with Crippen LogP contribution in [-0.4, -0.2) is 128 Å². The summed E-state index contributed by atoms with van der Waals surface area (Å²) in [5, 5.41) is 7.18. The number of rotatable bonds is 5. The average Bonchev–Trinajstić information content (AvgIpc) is 3.62. The summed E-state index contributed by atoms with van der Waals surface area (Å²) >= 11 is 0. The van der Waals surface area contributed by atoms with E-state index in [1.165, 1.54) is 98.3 Å². The van der Waals surface area contributed by atoms with Gasteiger partial charge in [-0.2, -0.15) is 0 Å². The van der Waals surface area contributed by atoms with E-state index >= 15 is 0 Å². The van der Waals surface area contributed by atoms with Gasteiger partial charge in [0.1, 0.15) is 121 Å². The third-order valence-electron chi connectivity index (χ3n) is 14.2. The standard InChI is InChI=1S/C42H43B14N3O/c1-57-41(26-21(43)12-23(45)40-25(26)19-11-22(44)30(48)38(56)39(19)60-40)59-42(27-33(51)35(53)37(55)36(54)34(27)52)58-13-20-28(46)31(49)24(32(50)29(20)47)16-9-8-15-7-6-14-4-2-3-5-17(14)18(15)10-16/h2-12H,1,13,43-56H2/b58-42-,59-41-. The zero-order valence-electron chi connectivity index (χ0n) is 38.0. The van der Waals surface area contributed by atoms with Crippen LogP contribution in [0.5, 0.6) is 0 Å². The molecule has 7 aromatic carbocycles. The molecule has 0 atom stereocenters. The Kier molecular flexibility index (Phi) is 10.8. The Labute approximate surface area is 366 Å². The van der Waals surface area contributed by atoms with Crippen LogP contribution in [0.15, 0.2) is 86.1 Å². The third kappa shape index (κ3) is 6.57. The van der Waals surface area contributed by atoms with Crippen LogP contribution < -0.4 is 76.5 Å². The quantitative estimate of drug-likeness (QED) is 0.0746. The van der Waals surface area contributed by atoms with Crippen LogP contribution >= 0.6 is 0 Å². The first-order valence-corrected chi connectivity index (χ1v) is 21.2. The Bertz CT molecular complexity index is 3210. The molecule has 0 radical (unpaired) electrons. The highest BCUT2D eigenvalue weighted by Gasteiger charge is 2.24. The number of fused-ring (bicyclic) bond motifs is 6. The minimum atomic E-state index is 0.477. The summed E-state index contributed by atoms with van der Waals surface area (Å²) in [6, 6.07) is 24.5. The largest absolute Gasteiger partial charge is 0.457 e. The fourth-order valence-corrected chi connectivity index (χ4v) is 9.77. The van der Waals surface area contributed by atoms with Crippen molar-refractivity contribution < 1.29 is 4.42 Å². The predicted molar refractivity (Wildman–Crippen MR) is 308 cm³/mol. The lowest BCUT2D eigenvalue weighted by Gasteiger charge is -2.23. The summed E-state index contributed by atoms with van der Waals surface area (Å²) in [6.07, 6.45) is 0. The van der Waals surface area contributed by atoms with Crippen molar-refractivity contribution in [3.05, 3.63) is 83.4 Å². The lowest BCUT2D eigenvalue weighted by atomic mass is 9.60. The summed E-state index contributed by atoms with van der Waals surface area (Å²) in [6.45, 7) is 4.62. The second-order valence-corrected chi connectivity index (χ2v) is 17.3. The summed E-state index contributed by atoms with van der Waals surface area (Å²) < 4.78 is 6.70. The molecular formula is C42H43B14N3O. The minimum Gasteiger partial charge on any atom is -0.457 e. The fourth-order valence-electron chi connectivity index (χ4n) is 9.77. The van der Waals surface area contributed by atoms with Gasteiger partial charge in [-0.25, -0.2) is 9.98 Å². The van der Waals surface area contributed by atoms with Crippen molar-refractivity contribution in [1.29, 1.82) is 0 Å². The van der Waals surface area contributed by atoms with E-state index in [-0.39, 0.29) is 0 Å². The van der Waals surface area contributed by atoms with Crippen LogP contribution in [0.2, 0.25) is 0 Å². The van der Waals surface area contributed by atoms with Crippen LogP contribution in [0.3, 0.4) is 0 Å². The fraction of sp³-hybridized carbons (Fsp3) is 0.0238. The molecule has 0 spiro atoms. The molecule has 0 fully saturated rings. The van der Waals surface area contributed by atoms with E-state index in [0.717, 1.165) is 49.5 Å². The second-order valence-electron chi connectivity index (χ2n) is 17.3. The van der Waals surface area contributed by atoms with E-state index in [1.807, 2.05) is 0 Å². The van der Waals surface area contributed by atoms with Gasteiger partial charge in [-0.15, -0.1) is 16.4 Å². The highest BCUT2D eigenvalue weighted by molar-refractivity contribution is 6.69. The molecule has 0 saturated heterocycles. The first-order valence-electron chi connectivity index (χ1n) is 21.2. The third-order valence-corrected chi connectivity index (χ3v) is 14.2. The maximum atomic E-state index is 6.70. The van der Waals surface area contributed by atoms with Gasteiger partial charge in [0.25, 0.3) is 0 Å². The van der Waals surface area contributed by atoms with Gasteiger partial charge >= 0.3 is 0 Å². The predicted octanol–water partition coefficient (Wildman–Crippen LogP) is -13.7. The number of aliphatic imine (C=N–C) groups is 3. The lowest BCUT2D eigenvalue weighted by molar-refractivity contribution is 0.674. The summed E-state index contributed by atoms with van der Waals surface area (Å²) in [7, 11) is 30.8. The lowest BCUT2D eigenvalue weighted by Crippen LogP contribution is -2.57. The molecule has 0 aliphatic heterocycles. The van der Waals surface area contributed by atoms with Gasteiger partial charge in [0.2, 0.25) is 0 Å². The summed E-state index contributed by atoms with van der Waals surface area (Å²) in [4.78, 5) is 15.7. The molecule has 8 aromatic rings. The van der Waals surface area contributed by atoms with Crippen molar-refractivity contribution in [3.63, 3.8) is 0 Å². The maximum absolute atomic E-state index is 6.70. The normalized spacial score (nSPS) is 12.3. The van der Waals surface area contributed by atoms with Crippen molar-refractivity contribution in [2.45, 2.75) is 6.54 Å². The highest BCUT2D eigenvalue weighted by atomic mass is 16.3. The molecule has 8 rings (SSSR count). The Balaban J connectivity index is 1.34. The van der Waals surface area contributed by atoms with Crippen LogP contribution in [0.4, 0.5) is 0 Å². The van der Waals surface area contributed by atoms with Gasteiger partial charge in [0.05, 0.1) is 6.54 Å². The van der Waals surface area contributed by atoms with E-state index in [4.69, 9.17) is 19.4 Å². The van der Waals surface area contributed by atoms with Crippen molar-refractivity contribution >= 4 is 248 Å². The van der Waals surface area contributed by atoms with Gasteiger partial charge in [-0.05, 0) is 56.5 Å². The smallest absolute Gasteiger partial charge is 0.161 e. The molecule has 0 bridgehead atoms. The van der Waals surface area contributed by atoms with Crippen molar-refractivity contribution in [1.82, 2.24) is 0 Å². The molecule has 18 heteroatoms. The van der Waals surface area contributed by atoms with Gasteiger partial charge < -0.3 is 4.42 Å². The minimum absolute atomic E-state index is 0.477. The molecule has 274 valence electrons. The number of amidine groups is 2. The first kappa shape index (κ1) is 41.5. The summed E-state index contributed by atoms with van der Waals surface area (Å²) in [5.41, 5.74) is 24.6. The molecule has 1 aromatic heterocycles. The maximum Gasteiger partial charge on any atom is 0.161 e. The molecule has 0 unspecified atom stereocenters. The molecular weight excluding hydrogens is 714 g/mol. The average molecular weight is 757 g/mol. The number of hydrogen-bond donors (Lipinski definition) is 0. The Morgan fingerprint density at radius 2 is 1.08 bits per heavy atom. The molecule has 0 aliphatic rings. The van der Waals surface area contributed by atoms with Gasteiger partial charge in [-0.1, -0.05) is 115 Å². The first-order chi connectivity index (χ1) is 28.5. The highest BCUT2D eigenvalue weighted by Crippen LogP contribution is 2.30. The number of benzene rings is 7. The molecule has 0 amide bonds. The molecule has 1 heterocycles. The Morgan fingerprint density at radius 3 is 1.73 bits per heavy atom. The van der Waals surface area contributed by atoms with Crippen LogP contribution in [0, 0.1) is 0 Å². The topological polar surface area (TPSA) is 50.2 Å². The SMILES string of the molecule is Bc1cc2c(oc3c(B)cc(B)c(/C(N=C)=N/C(=N\Cc4c(B)c(B)c(-c5ccc6ccc7ccccc7c6c5)c(B)c4B)c4c(B)c(B)c(B)c(B)c4B)c32)c(B)c1B. The number of nitrogens with zero attached hydrogens (tertiary/aromatic N) is 3. The van der Waals surface area contributed by atoms with E-state index in [9.17, 15) is 0 Å². The molecule has 0 N–H and O–H groups in total. The van der Waals surface area contributed by atoms with Crippen molar-refractivity contribution in [2.75, 3.05) is 0 Å². The van der Waals surface area contributed by atoms with Crippen molar-refractivity contribution in [3.8, 4) is 11.1 Å². The van der Waals surface area contributed by atoms with Crippen LogP contribution in [-0.2, 0) is 6.54 Å². The van der Waals surface area contributed by atoms with Gasteiger partial charge in [0, 0.05) is 21.9 Å². The van der Waals surface area contributed by atoms with Crippen LogP contribution in [0.1, 0.15) is 16.7 Å².